The molecule has 0 aliphatic carbocycles. The molecule has 0 bridgehead atoms. The second-order valence-corrected chi connectivity index (χ2v) is 5.20. The molecule has 2 aromatic carbocycles. The van der Waals surface area contributed by atoms with Gasteiger partial charge < -0.3 is 0 Å². The minimum atomic E-state index is -1.07. The largest absolute Gasteiger partial charge is 0.294 e. The van der Waals surface area contributed by atoms with Crippen molar-refractivity contribution >= 4 is 21.7 Å². The van der Waals surface area contributed by atoms with E-state index in [-0.39, 0.29) is 17.5 Å². The summed E-state index contributed by atoms with van der Waals surface area (Å²) in [5.74, 6) is -2.46. The number of benzene rings is 2. The van der Waals surface area contributed by atoms with Gasteiger partial charge in [-0.3, -0.25) is 4.79 Å². The van der Waals surface area contributed by atoms with Crippen LogP contribution in [0.4, 0.5) is 8.78 Å². The number of rotatable bonds is 3. The minimum Gasteiger partial charge on any atom is -0.294 e. The highest BCUT2D eigenvalue weighted by Gasteiger charge is 2.17. The Morgan fingerprint density at radius 3 is 2.32 bits per heavy atom. The maximum atomic E-state index is 13.7. The Bertz CT molecular complexity index is 621. The van der Waals surface area contributed by atoms with Gasteiger partial charge in [0.15, 0.2) is 17.4 Å². The molecule has 0 N–H and O–H groups in total. The lowest BCUT2D eigenvalue weighted by atomic mass is 10.0. The van der Waals surface area contributed by atoms with Crippen LogP contribution in [0.2, 0.25) is 0 Å². The van der Waals surface area contributed by atoms with Crippen molar-refractivity contribution in [1.29, 1.82) is 0 Å². The molecule has 0 radical (unpaired) electrons. The Kier molecular flexibility index (Phi) is 4.10. The fraction of sp³-hybridized carbons (Fsp3) is 0.133. The maximum Gasteiger partial charge on any atom is 0.170 e. The molecular weight excluding hydrogens is 314 g/mol. The SMILES string of the molecule is Cc1ccc(C(=O)Cc2ccc(Br)cc2)c(F)c1F. The van der Waals surface area contributed by atoms with Crippen molar-refractivity contribution in [2.45, 2.75) is 13.3 Å². The number of hydrogen-bond acceptors (Lipinski definition) is 1. The summed E-state index contributed by atoms with van der Waals surface area (Å²) in [4.78, 5) is 12.0. The molecule has 1 nitrogen and oxygen atoms in total. The molecule has 98 valence electrons. The number of hydrogen-bond donors (Lipinski definition) is 0. The van der Waals surface area contributed by atoms with Gasteiger partial charge in [-0.1, -0.05) is 34.1 Å². The molecule has 0 saturated carbocycles. The lowest BCUT2D eigenvalue weighted by Gasteiger charge is -2.05. The average Bonchev–Trinajstić information content (AvgIpc) is 2.39. The Balaban J connectivity index is 2.25. The van der Waals surface area contributed by atoms with E-state index in [2.05, 4.69) is 15.9 Å². The summed E-state index contributed by atoms with van der Waals surface area (Å²) in [5.41, 5.74) is 0.747. The fourth-order valence-electron chi connectivity index (χ4n) is 1.74. The quantitative estimate of drug-likeness (QED) is 0.762. The second kappa shape index (κ2) is 5.61. The Hall–Kier alpha value is -1.55. The van der Waals surface area contributed by atoms with E-state index in [1.54, 1.807) is 24.3 Å². The van der Waals surface area contributed by atoms with Gasteiger partial charge in [0, 0.05) is 10.9 Å². The van der Waals surface area contributed by atoms with Gasteiger partial charge in [-0.15, -0.1) is 0 Å². The lowest BCUT2D eigenvalue weighted by molar-refractivity contribution is 0.0988. The van der Waals surface area contributed by atoms with Gasteiger partial charge in [-0.2, -0.15) is 0 Å². The molecule has 0 spiro atoms. The first kappa shape index (κ1) is 13.9. The molecular formula is C15H11BrF2O. The zero-order chi connectivity index (χ0) is 14.0. The highest BCUT2D eigenvalue weighted by atomic mass is 79.9. The maximum absolute atomic E-state index is 13.7. The van der Waals surface area contributed by atoms with Crippen LogP contribution < -0.4 is 0 Å². The number of Topliss-reactive ketones (excluding diaryl/α,β-unsaturated/α-hetero) is 1. The summed E-state index contributed by atoms with van der Waals surface area (Å²) in [6.45, 7) is 1.46. The Labute approximate surface area is 118 Å². The van der Waals surface area contributed by atoms with Gasteiger partial charge in [-0.25, -0.2) is 8.78 Å². The topological polar surface area (TPSA) is 17.1 Å². The third kappa shape index (κ3) is 3.07. The third-order valence-electron chi connectivity index (χ3n) is 2.85. The van der Waals surface area contributed by atoms with Gasteiger partial charge in [0.25, 0.3) is 0 Å². The van der Waals surface area contributed by atoms with Gasteiger partial charge in [0.1, 0.15) is 0 Å². The molecule has 0 amide bonds. The van der Waals surface area contributed by atoms with Gasteiger partial charge in [0.2, 0.25) is 0 Å². The molecule has 0 aliphatic heterocycles. The van der Waals surface area contributed by atoms with Crippen LogP contribution in [0.1, 0.15) is 21.5 Å². The number of halogens is 3. The first-order chi connectivity index (χ1) is 8.99. The van der Waals surface area contributed by atoms with Gasteiger partial charge in [0.05, 0.1) is 5.56 Å². The molecule has 0 aliphatic rings. The van der Waals surface area contributed by atoms with Crippen LogP contribution in [0.5, 0.6) is 0 Å². The van der Waals surface area contributed by atoms with Gasteiger partial charge in [-0.05, 0) is 36.2 Å². The van der Waals surface area contributed by atoms with Crippen molar-refractivity contribution in [3.8, 4) is 0 Å². The van der Waals surface area contributed by atoms with Crippen molar-refractivity contribution in [3.63, 3.8) is 0 Å². The van der Waals surface area contributed by atoms with Crippen molar-refractivity contribution in [1.82, 2.24) is 0 Å². The van der Waals surface area contributed by atoms with E-state index in [1.165, 1.54) is 19.1 Å². The van der Waals surface area contributed by atoms with Crippen molar-refractivity contribution < 1.29 is 13.6 Å². The van der Waals surface area contributed by atoms with Crippen molar-refractivity contribution in [3.05, 3.63) is 69.2 Å². The minimum absolute atomic E-state index is 0.0483. The molecule has 2 aromatic rings. The van der Waals surface area contributed by atoms with Crippen molar-refractivity contribution in [2.24, 2.45) is 0 Å². The van der Waals surface area contributed by atoms with Crippen LogP contribution in [0, 0.1) is 18.6 Å². The summed E-state index contributed by atoms with van der Waals surface area (Å²) in [5, 5.41) is 0. The summed E-state index contributed by atoms with van der Waals surface area (Å²) in [6, 6.07) is 9.88. The predicted molar refractivity (Wildman–Crippen MR) is 73.3 cm³/mol. The van der Waals surface area contributed by atoms with E-state index < -0.39 is 17.4 Å². The standard InChI is InChI=1S/C15H11BrF2O/c1-9-2-7-12(15(18)14(9)17)13(19)8-10-3-5-11(16)6-4-10/h2-7H,8H2,1H3. The molecule has 0 fully saturated rings. The van der Waals surface area contributed by atoms with Crippen LogP contribution in [0.25, 0.3) is 0 Å². The van der Waals surface area contributed by atoms with E-state index in [0.29, 0.717) is 0 Å². The monoisotopic (exact) mass is 324 g/mol. The van der Waals surface area contributed by atoms with Crippen LogP contribution in [0.15, 0.2) is 40.9 Å². The van der Waals surface area contributed by atoms with Crippen LogP contribution in [-0.2, 0) is 6.42 Å². The lowest BCUT2D eigenvalue weighted by Crippen LogP contribution is -2.08. The van der Waals surface area contributed by atoms with Crippen LogP contribution in [-0.4, -0.2) is 5.78 Å². The average molecular weight is 325 g/mol. The predicted octanol–water partition coefficient (Wildman–Crippen LogP) is 4.46. The van der Waals surface area contributed by atoms with Crippen molar-refractivity contribution in [2.75, 3.05) is 0 Å². The van der Waals surface area contributed by atoms with Crippen LogP contribution in [0.3, 0.4) is 0 Å². The zero-order valence-electron chi connectivity index (χ0n) is 10.2. The molecule has 0 aromatic heterocycles. The van der Waals surface area contributed by atoms with E-state index in [9.17, 15) is 13.6 Å². The smallest absolute Gasteiger partial charge is 0.170 e. The molecule has 0 atom stereocenters. The molecule has 0 saturated heterocycles. The number of aryl methyl sites for hydroxylation is 1. The van der Waals surface area contributed by atoms with E-state index >= 15 is 0 Å². The van der Waals surface area contributed by atoms with E-state index in [4.69, 9.17) is 0 Å². The number of carbonyl (C=O) groups excluding carboxylic acids is 1. The summed E-state index contributed by atoms with van der Waals surface area (Å²) in [6.07, 6.45) is 0.0483. The number of ketones is 1. The normalized spacial score (nSPS) is 10.5. The fourth-order valence-corrected chi connectivity index (χ4v) is 2.01. The van der Waals surface area contributed by atoms with E-state index in [0.717, 1.165) is 10.0 Å². The highest BCUT2D eigenvalue weighted by molar-refractivity contribution is 9.10. The third-order valence-corrected chi connectivity index (χ3v) is 3.38. The number of carbonyl (C=O) groups is 1. The molecule has 19 heavy (non-hydrogen) atoms. The molecule has 0 heterocycles. The Morgan fingerprint density at radius 1 is 1.05 bits per heavy atom. The first-order valence-corrected chi connectivity index (χ1v) is 6.50. The molecule has 0 unspecified atom stereocenters. The summed E-state index contributed by atoms with van der Waals surface area (Å²) >= 11 is 3.29. The second-order valence-electron chi connectivity index (χ2n) is 4.28. The molecule has 2 rings (SSSR count). The van der Waals surface area contributed by atoms with Crippen LogP contribution >= 0.6 is 15.9 Å². The van der Waals surface area contributed by atoms with Gasteiger partial charge >= 0.3 is 0 Å². The highest BCUT2D eigenvalue weighted by Crippen LogP contribution is 2.18. The Morgan fingerprint density at radius 2 is 1.68 bits per heavy atom. The zero-order valence-corrected chi connectivity index (χ0v) is 11.8. The summed E-state index contributed by atoms with van der Waals surface area (Å²) in [7, 11) is 0. The summed E-state index contributed by atoms with van der Waals surface area (Å²) < 4.78 is 28.0. The van der Waals surface area contributed by atoms with E-state index in [1.807, 2.05) is 0 Å². The molecule has 4 heteroatoms. The first-order valence-electron chi connectivity index (χ1n) is 5.71.